The Morgan fingerprint density at radius 3 is 2.85 bits per heavy atom. The first-order chi connectivity index (χ1) is 6.16. The van der Waals surface area contributed by atoms with Crippen LogP contribution < -0.4 is 0 Å². The van der Waals surface area contributed by atoms with Gasteiger partial charge in [0.1, 0.15) is 11.5 Å². The normalized spacial score (nSPS) is 15.6. The van der Waals surface area contributed by atoms with Crippen LogP contribution in [0, 0.1) is 0 Å². The molecule has 0 amide bonds. The van der Waals surface area contributed by atoms with Gasteiger partial charge >= 0.3 is 0 Å². The Bertz CT molecular complexity index is 371. The maximum atomic E-state index is 11.1. The topological polar surface area (TPSA) is 37.3 Å². The van der Waals surface area contributed by atoms with E-state index in [1.165, 1.54) is 6.07 Å². The van der Waals surface area contributed by atoms with Crippen molar-refractivity contribution < 1.29 is 9.90 Å². The van der Waals surface area contributed by atoms with Crippen LogP contribution in [0.5, 0.6) is 5.75 Å². The van der Waals surface area contributed by atoms with Gasteiger partial charge in [0.05, 0.1) is 0 Å². The van der Waals surface area contributed by atoms with Crippen LogP contribution in [0.15, 0.2) is 12.1 Å². The zero-order valence-corrected chi connectivity index (χ0v) is 7.77. The summed E-state index contributed by atoms with van der Waals surface area (Å²) < 4.78 is 0. The summed E-state index contributed by atoms with van der Waals surface area (Å²) in [6.07, 6.45) is 1.57. The van der Waals surface area contributed by atoms with E-state index in [1.807, 2.05) is 0 Å². The number of Topliss-reactive ketones (excluding diaryl/α,β-unsaturated/α-hetero) is 1. The van der Waals surface area contributed by atoms with Crippen molar-refractivity contribution in [1.29, 1.82) is 0 Å². The van der Waals surface area contributed by atoms with Gasteiger partial charge in [-0.1, -0.05) is 11.6 Å². The van der Waals surface area contributed by atoms with E-state index in [0.29, 0.717) is 24.3 Å². The minimum Gasteiger partial charge on any atom is -0.508 e. The van der Waals surface area contributed by atoms with Crippen LogP contribution in [0.3, 0.4) is 0 Å². The molecule has 68 valence electrons. The largest absolute Gasteiger partial charge is 0.508 e. The monoisotopic (exact) mass is 196 g/mol. The highest BCUT2D eigenvalue weighted by Gasteiger charge is 2.18. The van der Waals surface area contributed by atoms with Crippen LogP contribution in [0.25, 0.3) is 0 Å². The van der Waals surface area contributed by atoms with Gasteiger partial charge < -0.3 is 5.11 Å². The Morgan fingerprint density at radius 2 is 2.08 bits per heavy atom. The summed E-state index contributed by atoms with van der Waals surface area (Å²) in [6, 6.07) is 3.28. The summed E-state index contributed by atoms with van der Waals surface area (Å²) in [6.45, 7) is 0. The molecular formula is C10H9ClO2. The third-order valence-corrected chi connectivity index (χ3v) is 2.54. The lowest BCUT2D eigenvalue weighted by Crippen LogP contribution is -2.13. The number of benzene rings is 1. The number of halogens is 1. The highest BCUT2D eigenvalue weighted by Crippen LogP contribution is 2.30. The molecule has 0 atom stereocenters. The van der Waals surface area contributed by atoms with Gasteiger partial charge in [0, 0.05) is 17.9 Å². The molecule has 0 bridgehead atoms. The van der Waals surface area contributed by atoms with Crippen LogP contribution in [0.1, 0.15) is 17.5 Å². The van der Waals surface area contributed by atoms with E-state index in [2.05, 4.69) is 0 Å². The van der Waals surface area contributed by atoms with Crippen molar-refractivity contribution in [2.24, 2.45) is 0 Å². The zero-order valence-electron chi connectivity index (χ0n) is 7.01. The maximum Gasteiger partial charge on any atom is 0.137 e. The number of carbonyl (C=O) groups excluding carboxylic acids is 1. The molecule has 0 saturated heterocycles. The van der Waals surface area contributed by atoms with E-state index < -0.39 is 0 Å². The summed E-state index contributed by atoms with van der Waals surface area (Å²) in [5.41, 5.74) is 1.75. The van der Waals surface area contributed by atoms with Crippen LogP contribution in [0.2, 0.25) is 5.02 Å². The molecule has 3 heteroatoms. The lowest BCUT2D eigenvalue weighted by molar-refractivity contribution is -0.118. The number of fused-ring (bicyclic) bond motifs is 1. The third-order valence-electron chi connectivity index (χ3n) is 2.32. The van der Waals surface area contributed by atoms with Crippen molar-refractivity contribution in [2.45, 2.75) is 19.3 Å². The Morgan fingerprint density at radius 1 is 1.31 bits per heavy atom. The van der Waals surface area contributed by atoms with Crippen LogP contribution in [-0.4, -0.2) is 10.9 Å². The van der Waals surface area contributed by atoms with E-state index in [1.54, 1.807) is 6.07 Å². The van der Waals surface area contributed by atoms with Crippen molar-refractivity contribution in [3.05, 3.63) is 28.3 Å². The second-order valence-electron chi connectivity index (χ2n) is 3.28. The highest BCUT2D eigenvalue weighted by atomic mass is 35.5. The molecular weight excluding hydrogens is 188 g/mol. The van der Waals surface area contributed by atoms with Gasteiger partial charge in [-0.2, -0.15) is 0 Å². The molecule has 2 nitrogen and oxygen atoms in total. The highest BCUT2D eigenvalue weighted by molar-refractivity contribution is 6.30. The fraction of sp³-hybridized carbons (Fsp3) is 0.300. The lowest BCUT2D eigenvalue weighted by atomic mass is 9.90. The number of phenolic OH excluding ortho intramolecular Hbond substituents is 1. The Kier molecular flexibility index (Phi) is 2.00. The second-order valence-corrected chi connectivity index (χ2v) is 3.71. The van der Waals surface area contributed by atoms with Gasteiger partial charge in [-0.15, -0.1) is 0 Å². The predicted octanol–water partition coefficient (Wildman–Crippen LogP) is 2.10. The first-order valence-electron chi connectivity index (χ1n) is 4.19. The summed E-state index contributed by atoms with van der Waals surface area (Å²) in [5.74, 6) is 0.434. The third kappa shape index (κ3) is 1.54. The lowest BCUT2D eigenvalue weighted by Gasteiger charge is -2.16. The molecule has 0 aromatic heterocycles. The minimum atomic E-state index is 0.217. The van der Waals surface area contributed by atoms with Gasteiger partial charge in [0.25, 0.3) is 0 Å². The van der Waals surface area contributed by atoms with E-state index in [0.717, 1.165) is 11.1 Å². The number of ketones is 1. The molecule has 0 radical (unpaired) electrons. The molecule has 1 aliphatic carbocycles. The summed E-state index contributed by atoms with van der Waals surface area (Å²) >= 11 is 5.76. The van der Waals surface area contributed by atoms with Crippen LogP contribution in [0.4, 0.5) is 0 Å². The van der Waals surface area contributed by atoms with Gasteiger partial charge in [0.15, 0.2) is 0 Å². The Hall–Kier alpha value is -1.02. The van der Waals surface area contributed by atoms with E-state index in [4.69, 9.17) is 11.6 Å². The molecule has 0 heterocycles. The van der Waals surface area contributed by atoms with Crippen molar-refractivity contribution in [3.63, 3.8) is 0 Å². The first-order valence-corrected chi connectivity index (χ1v) is 4.56. The summed E-state index contributed by atoms with van der Waals surface area (Å²) in [5, 5.41) is 10.0. The van der Waals surface area contributed by atoms with Crippen molar-refractivity contribution in [1.82, 2.24) is 0 Å². The molecule has 1 aromatic rings. The fourth-order valence-corrected chi connectivity index (χ4v) is 1.92. The average molecular weight is 197 g/mol. The van der Waals surface area contributed by atoms with Crippen molar-refractivity contribution in [2.75, 3.05) is 0 Å². The number of hydrogen-bond donors (Lipinski definition) is 1. The molecule has 1 aliphatic rings. The molecule has 0 aliphatic heterocycles. The fourth-order valence-electron chi connectivity index (χ4n) is 1.69. The quantitative estimate of drug-likeness (QED) is 0.690. The zero-order chi connectivity index (χ0) is 9.42. The molecule has 0 spiro atoms. The SMILES string of the molecule is O=C1CCc2c(O)cc(Cl)cc2C1. The smallest absolute Gasteiger partial charge is 0.137 e. The van der Waals surface area contributed by atoms with E-state index in [-0.39, 0.29) is 11.5 Å². The second kappa shape index (κ2) is 3.04. The molecule has 1 N–H and O–H groups in total. The van der Waals surface area contributed by atoms with Crippen molar-refractivity contribution >= 4 is 17.4 Å². The number of phenols is 1. The van der Waals surface area contributed by atoms with Gasteiger partial charge in [-0.3, -0.25) is 4.79 Å². The van der Waals surface area contributed by atoms with E-state index >= 15 is 0 Å². The predicted molar refractivity (Wildman–Crippen MR) is 50.1 cm³/mol. The average Bonchev–Trinajstić information content (AvgIpc) is 2.02. The molecule has 13 heavy (non-hydrogen) atoms. The summed E-state index contributed by atoms with van der Waals surface area (Å²) in [7, 11) is 0. The summed E-state index contributed by atoms with van der Waals surface area (Å²) in [4.78, 5) is 11.1. The Labute approximate surface area is 81.1 Å². The Balaban J connectivity index is 2.53. The molecule has 0 saturated carbocycles. The van der Waals surface area contributed by atoms with Gasteiger partial charge in [0.2, 0.25) is 0 Å². The van der Waals surface area contributed by atoms with Gasteiger partial charge in [-0.25, -0.2) is 0 Å². The molecule has 1 aromatic carbocycles. The molecule has 0 unspecified atom stereocenters. The van der Waals surface area contributed by atoms with E-state index in [9.17, 15) is 9.90 Å². The standard InChI is InChI=1S/C10H9ClO2/c11-7-3-6-4-8(12)1-2-9(6)10(13)5-7/h3,5,13H,1-2,4H2. The van der Waals surface area contributed by atoms with Gasteiger partial charge in [-0.05, 0) is 29.7 Å². The van der Waals surface area contributed by atoms with Crippen LogP contribution >= 0.6 is 11.6 Å². The molecule has 0 fully saturated rings. The van der Waals surface area contributed by atoms with Crippen molar-refractivity contribution in [3.8, 4) is 5.75 Å². The minimum absolute atomic E-state index is 0.217. The number of hydrogen-bond acceptors (Lipinski definition) is 2. The number of aromatic hydroxyl groups is 1. The first kappa shape index (κ1) is 8.57. The number of carbonyl (C=O) groups is 1. The molecule has 2 rings (SSSR count). The number of rotatable bonds is 0. The maximum absolute atomic E-state index is 11.1. The van der Waals surface area contributed by atoms with Crippen LogP contribution in [-0.2, 0) is 17.6 Å².